The molecular weight excluding hydrogens is 461 g/mol. The second-order valence-corrected chi connectivity index (χ2v) is 11.1. The van der Waals surface area contributed by atoms with E-state index in [2.05, 4.69) is 9.10 Å². The highest BCUT2D eigenvalue weighted by Gasteiger charge is 2.24. The number of nitrogens with two attached hydrogens (primary N) is 1. The smallest absolute Gasteiger partial charge is 0.387 e. The number of halogens is 3. The van der Waals surface area contributed by atoms with Gasteiger partial charge >= 0.3 is 6.61 Å². The highest BCUT2D eigenvalue weighted by molar-refractivity contribution is 7.87. The molecule has 0 aliphatic carbocycles. The van der Waals surface area contributed by atoms with Gasteiger partial charge in [-0.3, -0.25) is 9.93 Å². The lowest BCUT2D eigenvalue weighted by Gasteiger charge is -2.21. The molecule has 0 spiro atoms. The summed E-state index contributed by atoms with van der Waals surface area (Å²) in [6, 6.07) is 4.23. The summed E-state index contributed by atoms with van der Waals surface area (Å²) < 4.78 is 48.5. The van der Waals surface area contributed by atoms with Gasteiger partial charge in [0.05, 0.1) is 12.0 Å². The minimum atomic E-state index is -2.95. The average Bonchev–Trinajstić information content (AvgIpc) is 3.04. The Bertz CT molecular complexity index is 983. The van der Waals surface area contributed by atoms with Crippen molar-refractivity contribution in [1.82, 2.24) is 0 Å². The van der Waals surface area contributed by atoms with Crippen LogP contribution in [0.2, 0.25) is 0 Å². The molecule has 0 fully saturated rings. The number of alkyl halides is 2. The van der Waals surface area contributed by atoms with Crippen molar-refractivity contribution in [2.75, 3.05) is 0 Å². The Labute approximate surface area is 193 Å². The Kier molecular flexibility index (Phi) is 8.66. The van der Waals surface area contributed by atoms with E-state index in [0.29, 0.717) is 21.6 Å². The molecule has 178 valence electrons. The second-order valence-electron chi connectivity index (χ2n) is 8.55. The highest BCUT2D eigenvalue weighted by Crippen LogP contribution is 2.34. The molecule has 1 heterocycles. The number of amides is 1. The monoisotopic (exact) mass is 490 g/mol. The van der Waals surface area contributed by atoms with Crippen molar-refractivity contribution in [3.05, 3.63) is 45.6 Å². The van der Waals surface area contributed by atoms with E-state index < -0.39 is 34.8 Å². The molecule has 0 aliphatic rings. The van der Waals surface area contributed by atoms with E-state index in [4.69, 9.17) is 5.14 Å². The van der Waals surface area contributed by atoms with Gasteiger partial charge in [-0.15, -0.1) is 11.3 Å². The third-order valence-electron chi connectivity index (χ3n) is 4.74. The van der Waals surface area contributed by atoms with Crippen LogP contribution in [0, 0.1) is 5.82 Å². The third-order valence-corrected chi connectivity index (χ3v) is 7.69. The molecule has 1 aromatic carbocycles. The zero-order valence-electron chi connectivity index (χ0n) is 18.9. The molecule has 2 rings (SSSR count). The van der Waals surface area contributed by atoms with E-state index in [1.54, 1.807) is 0 Å². The van der Waals surface area contributed by atoms with Crippen molar-refractivity contribution in [2.24, 2.45) is 9.50 Å². The summed E-state index contributed by atoms with van der Waals surface area (Å²) in [6.07, 6.45) is -0.0952. The number of thiophene rings is 1. The molecule has 1 atom stereocenters. The third kappa shape index (κ3) is 6.63. The molecule has 0 saturated heterocycles. The van der Waals surface area contributed by atoms with Crippen LogP contribution in [0.25, 0.3) is 0 Å². The van der Waals surface area contributed by atoms with Crippen molar-refractivity contribution in [3.8, 4) is 5.75 Å². The van der Waals surface area contributed by atoms with Crippen molar-refractivity contribution in [1.29, 1.82) is 0 Å². The molecule has 5 nitrogen and oxygen atoms in total. The maximum atomic E-state index is 14.3. The lowest BCUT2D eigenvalue weighted by molar-refractivity contribution is -0.117. The van der Waals surface area contributed by atoms with Gasteiger partial charge in [0.2, 0.25) is 0 Å². The van der Waals surface area contributed by atoms with Crippen LogP contribution in [0.1, 0.15) is 74.9 Å². The number of aliphatic hydroxyl groups is 1. The van der Waals surface area contributed by atoms with Crippen LogP contribution in [0.5, 0.6) is 5.75 Å². The Hall–Kier alpha value is -1.75. The van der Waals surface area contributed by atoms with E-state index in [0.717, 1.165) is 11.3 Å². The lowest BCUT2D eigenvalue weighted by Crippen LogP contribution is -2.13. The Balaban J connectivity index is 2.43. The molecule has 1 amide bonds. The summed E-state index contributed by atoms with van der Waals surface area (Å²) in [4.78, 5) is 13.1. The average molecular weight is 491 g/mol. The van der Waals surface area contributed by atoms with Crippen LogP contribution in [0.4, 0.5) is 13.2 Å². The van der Waals surface area contributed by atoms with Gasteiger partial charge in [0.1, 0.15) is 15.8 Å². The number of carbonyl (C=O) groups is 1. The minimum absolute atomic E-state index is 0.0407. The number of benzene rings is 1. The van der Waals surface area contributed by atoms with Crippen molar-refractivity contribution in [3.63, 3.8) is 0 Å². The predicted octanol–water partition coefficient (Wildman–Crippen LogP) is 5.77. The molecule has 0 aliphatic heterocycles. The number of rotatable bonds is 8. The molecule has 0 saturated carbocycles. The predicted molar refractivity (Wildman–Crippen MR) is 122 cm³/mol. The summed E-state index contributed by atoms with van der Waals surface area (Å²) in [6.45, 7) is 7.67. The van der Waals surface area contributed by atoms with Crippen molar-refractivity contribution >= 4 is 28.1 Å². The number of hydrogen-bond acceptors (Lipinski definition) is 4. The fourth-order valence-corrected chi connectivity index (χ4v) is 5.34. The lowest BCUT2D eigenvalue weighted by atomic mass is 9.86. The molecule has 0 bridgehead atoms. The molecule has 1 unspecified atom stereocenters. The van der Waals surface area contributed by atoms with Gasteiger partial charge in [0, 0.05) is 15.8 Å². The van der Waals surface area contributed by atoms with Crippen molar-refractivity contribution < 1.29 is 27.8 Å². The Morgan fingerprint density at radius 2 is 1.72 bits per heavy atom. The van der Waals surface area contributed by atoms with Crippen LogP contribution in [0.3, 0.4) is 0 Å². The number of ether oxygens (including phenoxy) is 1. The topological polar surface area (TPSA) is 84.9 Å². The fraction of sp³-hybridized carbons (Fsp3) is 0.500. The fourth-order valence-electron chi connectivity index (χ4n) is 3.23. The van der Waals surface area contributed by atoms with Gasteiger partial charge in [-0.2, -0.15) is 13.1 Å². The van der Waals surface area contributed by atoms with Gasteiger partial charge in [0.25, 0.3) is 5.91 Å². The second kappa shape index (κ2) is 10.5. The van der Waals surface area contributed by atoms with Crippen molar-refractivity contribution in [2.45, 2.75) is 76.2 Å². The number of nitrogens with zero attached hydrogens (tertiary/aromatic N) is 1. The summed E-state index contributed by atoms with van der Waals surface area (Å²) in [5.41, 5.74) is 0.863. The minimum Gasteiger partial charge on any atom is -0.435 e. The summed E-state index contributed by atoms with van der Waals surface area (Å²) in [7, 11) is -1.53. The summed E-state index contributed by atoms with van der Waals surface area (Å²) in [5, 5.41) is 16.1. The number of carbonyl (C=O) groups excluding carboxylic acids is 1. The van der Waals surface area contributed by atoms with E-state index in [1.807, 2.05) is 27.7 Å². The van der Waals surface area contributed by atoms with Crippen LogP contribution >= 0.6 is 11.3 Å². The van der Waals surface area contributed by atoms with E-state index in [9.17, 15) is 23.1 Å². The standard InChI is InChI=1S/C22H29F3N2O3S2/c1-11(2)14-7-13(30-21(24)25)8-15(12(3)4)16(14)9-19(28)27-32(26)20-17(23)10-18(31-20)22(5,6)29/h7-8,10-12,21,29H,9H2,1-6H3,(H2,26,27,28). The van der Waals surface area contributed by atoms with Gasteiger partial charge in [-0.1, -0.05) is 27.7 Å². The first-order chi connectivity index (χ1) is 14.7. The van der Waals surface area contributed by atoms with Crippen LogP contribution in [-0.4, -0.2) is 17.6 Å². The van der Waals surface area contributed by atoms with Gasteiger partial charge < -0.3 is 9.84 Å². The molecule has 1 aromatic heterocycles. The maximum Gasteiger partial charge on any atom is 0.387 e. The SMILES string of the molecule is CC(C)c1cc(OC(F)F)cc(C(C)C)c1CC(=O)N=S(N)c1sc(C(C)(C)O)cc1F. The van der Waals surface area contributed by atoms with Crippen LogP contribution in [-0.2, 0) is 27.7 Å². The maximum absolute atomic E-state index is 14.3. The molecule has 2 aromatic rings. The largest absolute Gasteiger partial charge is 0.435 e. The molecule has 0 radical (unpaired) electrons. The van der Waals surface area contributed by atoms with Gasteiger partial charge in [-0.05, 0) is 60.6 Å². The Morgan fingerprint density at radius 3 is 2.12 bits per heavy atom. The first kappa shape index (κ1) is 26.5. The first-order valence-corrected chi connectivity index (χ1v) is 12.1. The van der Waals surface area contributed by atoms with Gasteiger partial charge in [0.15, 0.2) is 0 Å². The zero-order chi connectivity index (χ0) is 24.4. The normalized spacial score (nSPS) is 13.4. The van der Waals surface area contributed by atoms with E-state index >= 15 is 0 Å². The van der Waals surface area contributed by atoms with Crippen LogP contribution in [0.15, 0.2) is 26.8 Å². The Morgan fingerprint density at radius 1 is 1.19 bits per heavy atom. The van der Waals surface area contributed by atoms with Gasteiger partial charge in [-0.25, -0.2) is 4.39 Å². The molecule has 3 N–H and O–H groups in total. The summed E-state index contributed by atoms with van der Waals surface area (Å²) >= 11 is 0.975. The van der Waals surface area contributed by atoms with Crippen LogP contribution < -0.4 is 9.88 Å². The summed E-state index contributed by atoms with van der Waals surface area (Å²) in [5.74, 6) is -1.24. The molecular formula is C22H29F3N2O3S2. The zero-order valence-corrected chi connectivity index (χ0v) is 20.5. The van der Waals surface area contributed by atoms with E-state index in [-0.39, 0.29) is 28.2 Å². The molecule has 32 heavy (non-hydrogen) atoms. The highest BCUT2D eigenvalue weighted by atomic mass is 32.2. The quantitative estimate of drug-likeness (QED) is 0.492. The number of hydrogen-bond donors (Lipinski definition) is 2. The molecule has 10 heteroatoms. The van der Waals surface area contributed by atoms with E-state index in [1.165, 1.54) is 32.0 Å². The first-order valence-electron chi connectivity index (χ1n) is 10.1.